The third-order valence-electron chi connectivity index (χ3n) is 6.17. The average molecular weight is 367 g/mol. The first-order chi connectivity index (χ1) is 13.2. The number of hydrogen-bond donors (Lipinski definition) is 0. The van der Waals surface area contributed by atoms with Crippen molar-refractivity contribution in [1.29, 1.82) is 0 Å². The molecule has 2 aliphatic rings. The van der Waals surface area contributed by atoms with Gasteiger partial charge < -0.3 is 9.42 Å². The molecule has 0 bridgehead atoms. The second-order valence-electron chi connectivity index (χ2n) is 7.87. The van der Waals surface area contributed by atoms with Gasteiger partial charge in [0, 0.05) is 44.2 Å². The lowest BCUT2D eigenvalue weighted by atomic mass is 9.94. The van der Waals surface area contributed by atoms with Gasteiger partial charge in [0.1, 0.15) is 0 Å². The molecule has 2 heterocycles. The van der Waals surface area contributed by atoms with E-state index >= 15 is 0 Å². The fraction of sp³-hybridized carbons (Fsp3) is 0.545. The van der Waals surface area contributed by atoms with Gasteiger partial charge in [-0.1, -0.05) is 61.7 Å². The molecular weight excluding hydrogens is 338 g/mol. The first-order valence-electron chi connectivity index (χ1n) is 10.3. The smallest absolute Gasteiger partial charge is 0.292 e. The van der Waals surface area contributed by atoms with Crippen LogP contribution in [-0.4, -0.2) is 53.1 Å². The molecule has 1 aromatic heterocycles. The monoisotopic (exact) mass is 367 g/mol. The van der Waals surface area contributed by atoms with Crippen molar-refractivity contribution >= 4 is 5.91 Å². The Morgan fingerprint density at radius 2 is 1.78 bits per heavy atom. The molecule has 0 N–H and O–H groups in total. The topological polar surface area (TPSA) is 49.6 Å². The molecule has 1 aliphatic carbocycles. The van der Waals surface area contributed by atoms with Gasteiger partial charge in [0.2, 0.25) is 5.76 Å². The second kappa shape index (κ2) is 8.26. The summed E-state index contributed by atoms with van der Waals surface area (Å²) in [6, 6.07) is 12.7. The van der Waals surface area contributed by atoms with Gasteiger partial charge in [0.15, 0.2) is 0 Å². The minimum atomic E-state index is -0.0303. The molecule has 27 heavy (non-hydrogen) atoms. The highest BCUT2D eigenvalue weighted by molar-refractivity contribution is 5.91. The summed E-state index contributed by atoms with van der Waals surface area (Å²) in [7, 11) is 0. The zero-order valence-electron chi connectivity index (χ0n) is 16.1. The molecule has 2 aromatic rings. The van der Waals surface area contributed by atoms with Crippen molar-refractivity contribution < 1.29 is 9.32 Å². The van der Waals surface area contributed by atoms with Crippen LogP contribution in [0.25, 0.3) is 0 Å². The van der Waals surface area contributed by atoms with E-state index in [4.69, 9.17) is 4.52 Å². The van der Waals surface area contributed by atoms with Crippen molar-refractivity contribution in [2.45, 2.75) is 51.0 Å². The number of amides is 1. The van der Waals surface area contributed by atoms with E-state index < -0.39 is 0 Å². The van der Waals surface area contributed by atoms with Crippen molar-refractivity contribution in [3.05, 3.63) is 53.4 Å². The summed E-state index contributed by atoms with van der Waals surface area (Å²) in [5, 5.41) is 4.16. The predicted molar refractivity (Wildman–Crippen MR) is 105 cm³/mol. The summed E-state index contributed by atoms with van der Waals surface area (Å²) in [5.41, 5.74) is 1.98. The molecule has 1 aromatic carbocycles. The molecule has 2 fully saturated rings. The Morgan fingerprint density at radius 3 is 2.48 bits per heavy atom. The minimum Gasteiger partial charge on any atom is -0.351 e. The summed E-state index contributed by atoms with van der Waals surface area (Å²) >= 11 is 0. The quantitative estimate of drug-likeness (QED) is 0.822. The van der Waals surface area contributed by atoms with E-state index in [0.717, 1.165) is 37.9 Å². The summed E-state index contributed by atoms with van der Waals surface area (Å²) < 4.78 is 5.41. The molecule has 144 valence electrons. The standard InChI is InChI=1S/C22H29N3O2/c1-17(18-8-4-2-5-9-18)20-16-21(27-23-20)22(26)25-14-12-24(13-15-25)19-10-6-3-7-11-19/h2,4-5,8-9,16-17,19H,3,6-7,10-15H2,1H3. The van der Waals surface area contributed by atoms with E-state index in [9.17, 15) is 4.79 Å². The second-order valence-corrected chi connectivity index (χ2v) is 7.87. The van der Waals surface area contributed by atoms with E-state index in [1.165, 1.54) is 37.7 Å². The normalized spacial score (nSPS) is 20.6. The Morgan fingerprint density at radius 1 is 1.07 bits per heavy atom. The minimum absolute atomic E-state index is 0.0303. The van der Waals surface area contributed by atoms with Gasteiger partial charge in [-0.3, -0.25) is 9.69 Å². The van der Waals surface area contributed by atoms with Gasteiger partial charge in [-0.15, -0.1) is 0 Å². The molecule has 0 spiro atoms. The van der Waals surface area contributed by atoms with Gasteiger partial charge >= 0.3 is 0 Å². The van der Waals surface area contributed by atoms with Crippen LogP contribution in [0, 0.1) is 0 Å². The van der Waals surface area contributed by atoms with Crippen LogP contribution in [0.5, 0.6) is 0 Å². The van der Waals surface area contributed by atoms with Crippen LogP contribution >= 0.6 is 0 Å². The van der Waals surface area contributed by atoms with Crippen molar-refractivity contribution in [2.24, 2.45) is 0 Å². The SMILES string of the molecule is CC(c1ccccc1)c1cc(C(=O)N2CCN(C3CCCCC3)CC2)on1. The highest BCUT2D eigenvalue weighted by Crippen LogP contribution is 2.25. The molecule has 5 nitrogen and oxygen atoms in total. The summed E-state index contributed by atoms with van der Waals surface area (Å²) in [6.45, 7) is 5.58. The Kier molecular flexibility index (Phi) is 5.58. The number of rotatable bonds is 4. The van der Waals surface area contributed by atoms with E-state index in [1.54, 1.807) is 0 Å². The van der Waals surface area contributed by atoms with Crippen molar-refractivity contribution in [1.82, 2.24) is 15.0 Å². The largest absolute Gasteiger partial charge is 0.351 e. The number of aromatic nitrogens is 1. The summed E-state index contributed by atoms with van der Waals surface area (Å²) in [6.07, 6.45) is 6.71. The average Bonchev–Trinajstić information content (AvgIpc) is 3.24. The Bertz CT molecular complexity index is 744. The molecule has 1 saturated heterocycles. The van der Waals surface area contributed by atoms with E-state index in [2.05, 4.69) is 29.1 Å². The number of nitrogens with zero attached hydrogens (tertiary/aromatic N) is 3. The lowest BCUT2D eigenvalue weighted by Crippen LogP contribution is -2.52. The fourth-order valence-electron chi connectivity index (χ4n) is 4.40. The number of carbonyl (C=O) groups is 1. The third kappa shape index (κ3) is 4.08. The maximum Gasteiger partial charge on any atom is 0.292 e. The van der Waals surface area contributed by atoms with Crippen LogP contribution in [0.4, 0.5) is 0 Å². The lowest BCUT2D eigenvalue weighted by molar-refractivity contribution is 0.0489. The van der Waals surface area contributed by atoms with Crippen LogP contribution < -0.4 is 0 Å². The zero-order valence-corrected chi connectivity index (χ0v) is 16.1. The maximum absolute atomic E-state index is 12.8. The highest BCUT2D eigenvalue weighted by atomic mass is 16.5. The lowest BCUT2D eigenvalue weighted by Gasteiger charge is -2.40. The first kappa shape index (κ1) is 18.2. The van der Waals surface area contributed by atoms with Crippen molar-refractivity contribution in [3.8, 4) is 0 Å². The first-order valence-corrected chi connectivity index (χ1v) is 10.3. The van der Waals surface area contributed by atoms with Crippen LogP contribution in [-0.2, 0) is 0 Å². The van der Waals surface area contributed by atoms with Crippen molar-refractivity contribution in [2.75, 3.05) is 26.2 Å². The van der Waals surface area contributed by atoms with E-state index in [0.29, 0.717) is 5.76 Å². The molecule has 0 radical (unpaired) electrons. The molecule has 1 unspecified atom stereocenters. The molecule has 4 rings (SSSR count). The van der Waals surface area contributed by atoms with Gasteiger partial charge in [-0.2, -0.15) is 0 Å². The predicted octanol–water partition coefficient (Wildman–Crippen LogP) is 3.92. The number of benzene rings is 1. The van der Waals surface area contributed by atoms with E-state index in [1.807, 2.05) is 29.2 Å². The molecule has 5 heteroatoms. The van der Waals surface area contributed by atoms with Crippen LogP contribution in [0.15, 0.2) is 40.9 Å². The fourth-order valence-corrected chi connectivity index (χ4v) is 4.40. The Labute approximate surface area is 161 Å². The van der Waals surface area contributed by atoms with Gasteiger partial charge in [0.05, 0.1) is 5.69 Å². The van der Waals surface area contributed by atoms with Gasteiger partial charge in [-0.25, -0.2) is 0 Å². The summed E-state index contributed by atoms with van der Waals surface area (Å²) in [4.78, 5) is 17.3. The van der Waals surface area contributed by atoms with Gasteiger partial charge in [-0.05, 0) is 18.4 Å². The Balaban J connectivity index is 1.36. The third-order valence-corrected chi connectivity index (χ3v) is 6.17. The maximum atomic E-state index is 12.8. The van der Waals surface area contributed by atoms with Crippen LogP contribution in [0.3, 0.4) is 0 Å². The zero-order chi connectivity index (χ0) is 18.6. The van der Waals surface area contributed by atoms with E-state index in [-0.39, 0.29) is 11.8 Å². The molecule has 1 saturated carbocycles. The van der Waals surface area contributed by atoms with Gasteiger partial charge in [0.25, 0.3) is 5.91 Å². The molecular formula is C22H29N3O2. The van der Waals surface area contributed by atoms with Crippen LogP contribution in [0.2, 0.25) is 0 Å². The highest BCUT2D eigenvalue weighted by Gasteiger charge is 2.29. The molecule has 1 aliphatic heterocycles. The number of carbonyl (C=O) groups excluding carboxylic acids is 1. The van der Waals surface area contributed by atoms with Crippen molar-refractivity contribution in [3.63, 3.8) is 0 Å². The molecule has 1 amide bonds. The number of piperazine rings is 1. The Hall–Kier alpha value is -2.14. The number of hydrogen-bond acceptors (Lipinski definition) is 4. The molecule has 1 atom stereocenters. The summed E-state index contributed by atoms with van der Waals surface area (Å²) in [5.74, 6) is 0.441. The van der Waals surface area contributed by atoms with Crippen LogP contribution in [0.1, 0.15) is 66.8 Å².